The second-order valence-corrected chi connectivity index (χ2v) is 9.50. The highest BCUT2D eigenvalue weighted by Crippen LogP contribution is 2.46. The minimum atomic E-state index is -0.401. The summed E-state index contributed by atoms with van der Waals surface area (Å²) in [4.78, 5) is 16.9. The number of halogens is 2. The fourth-order valence-electron chi connectivity index (χ4n) is 3.89. The Bertz CT molecular complexity index is 1150. The Kier molecular flexibility index (Phi) is 6.11. The van der Waals surface area contributed by atoms with Crippen molar-refractivity contribution >= 4 is 50.9 Å². The monoisotopic (exact) mass is 519 g/mol. The van der Waals surface area contributed by atoms with Gasteiger partial charge >= 0.3 is 0 Å². The van der Waals surface area contributed by atoms with Gasteiger partial charge in [0.05, 0.1) is 40.8 Å². The van der Waals surface area contributed by atoms with E-state index in [9.17, 15) is 15.2 Å². The molecule has 31 heavy (non-hydrogen) atoms. The number of nitriles is 1. The first-order valence-corrected chi connectivity index (χ1v) is 11.6. The van der Waals surface area contributed by atoms with Crippen LogP contribution in [0.2, 0.25) is 5.02 Å². The number of thioether (sulfide) groups is 1. The summed E-state index contributed by atoms with van der Waals surface area (Å²) in [6.07, 6.45) is 0.162. The largest absolute Gasteiger partial charge is 0.503 e. The van der Waals surface area contributed by atoms with Crippen molar-refractivity contribution in [2.75, 3.05) is 24.6 Å². The summed E-state index contributed by atoms with van der Waals surface area (Å²) >= 11 is 11.1. The lowest BCUT2D eigenvalue weighted by molar-refractivity contribution is -0.129. The maximum absolute atomic E-state index is 13.1. The van der Waals surface area contributed by atoms with E-state index in [2.05, 4.69) is 26.9 Å². The SMILES string of the molecule is COc1cc([C@@H]2CC(=O)N3CN(c4cccc(Cl)c4C)CSC3=C2C#N)cc(Br)c1O. The maximum atomic E-state index is 13.1. The summed E-state index contributed by atoms with van der Waals surface area (Å²) in [5.74, 6) is 0.419. The number of phenols is 1. The van der Waals surface area contributed by atoms with Gasteiger partial charge in [0.25, 0.3) is 0 Å². The minimum absolute atomic E-state index is 0.0132. The van der Waals surface area contributed by atoms with Crippen LogP contribution in [0.1, 0.15) is 23.5 Å². The Labute approximate surface area is 198 Å². The molecule has 2 aliphatic heterocycles. The van der Waals surface area contributed by atoms with E-state index in [0.717, 1.165) is 16.8 Å². The Hall–Kier alpha value is -2.34. The average molecular weight is 521 g/mol. The molecule has 9 heteroatoms. The summed E-state index contributed by atoms with van der Waals surface area (Å²) in [5, 5.41) is 21.5. The molecule has 0 unspecified atom stereocenters. The number of aromatic hydroxyl groups is 1. The zero-order valence-corrected chi connectivity index (χ0v) is 20.0. The molecule has 1 N–H and O–H groups in total. The Morgan fingerprint density at radius 1 is 1.39 bits per heavy atom. The standard InChI is InChI=1S/C22H19BrClN3O3S/c1-12-17(24)4-3-5-18(12)26-10-27-20(28)8-14(15(9-25)22(27)31-11-26)13-6-16(23)21(29)19(7-13)30-2/h3-7,14,29H,8,10-11H2,1-2H3/t14-/m0/s1. The number of methoxy groups -OCH3 is 1. The third kappa shape index (κ3) is 3.86. The molecule has 0 aliphatic carbocycles. The second kappa shape index (κ2) is 8.65. The zero-order valence-electron chi connectivity index (χ0n) is 16.9. The van der Waals surface area contributed by atoms with Crippen LogP contribution in [0.3, 0.4) is 0 Å². The number of ether oxygens (including phenoxy) is 1. The van der Waals surface area contributed by atoms with Crippen molar-refractivity contribution in [1.29, 1.82) is 5.26 Å². The van der Waals surface area contributed by atoms with Gasteiger partial charge in [0.2, 0.25) is 5.91 Å². The van der Waals surface area contributed by atoms with Gasteiger partial charge in [0, 0.05) is 23.0 Å². The zero-order chi connectivity index (χ0) is 22.3. The number of carbonyl (C=O) groups is 1. The molecular weight excluding hydrogens is 502 g/mol. The molecule has 2 heterocycles. The van der Waals surface area contributed by atoms with Gasteiger partial charge in [-0.1, -0.05) is 29.4 Å². The lowest BCUT2D eigenvalue weighted by atomic mass is 9.86. The smallest absolute Gasteiger partial charge is 0.229 e. The fourth-order valence-corrected chi connectivity index (χ4v) is 5.68. The Morgan fingerprint density at radius 3 is 2.87 bits per heavy atom. The molecule has 6 nitrogen and oxygen atoms in total. The average Bonchev–Trinajstić information content (AvgIpc) is 2.77. The lowest BCUT2D eigenvalue weighted by Crippen LogP contribution is -2.47. The summed E-state index contributed by atoms with van der Waals surface area (Å²) in [6, 6.07) is 11.5. The first-order valence-electron chi connectivity index (χ1n) is 9.49. The number of hydrogen-bond donors (Lipinski definition) is 1. The van der Waals surface area contributed by atoms with Crippen LogP contribution in [-0.2, 0) is 4.79 Å². The number of phenolic OH excluding ortho intramolecular Hbond substituents is 1. The lowest BCUT2D eigenvalue weighted by Gasteiger charge is -2.42. The van der Waals surface area contributed by atoms with Crippen molar-refractivity contribution in [3.8, 4) is 17.6 Å². The van der Waals surface area contributed by atoms with Crippen molar-refractivity contribution in [3.05, 3.63) is 61.6 Å². The third-order valence-electron chi connectivity index (χ3n) is 5.55. The molecule has 2 aromatic carbocycles. The normalized spacial score (nSPS) is 18.7. The van der Waals surface area contributed by atoms with Gasteiger partial charge in [-0.3, -0.25) is 9.69 Å². The number of allylic oxidation sites excluding steroid dienone is 1. The maximum Gasteiger partial charge on any atom is 0.229 e. The highest BCUT2D eigenvalue weighted by molar-refractivity contribution is 9.10. The number of amides is 1. The van der Waals surface area contributed by atoms with Gasteiger partial charge in [-0.25, -0.2) is 0 Å². The van der Waals surface area contributed by atoms with Crippen LogP contribution in [-0.4, -0.2) is 35.6 Å². The van der Waals surface area contributed by atoms with E-state index in [0.29, 0.717) is 38.4 Å². The molecule has 1 atom stereocenters. The molecule has 1 amide bonds. The predicted molar refractivity (Wildman–Crippen MR) is 125 cm³/mol. The quantitative estimate of drug-likeness (QED) is 0.588. The molecule has 1 fully saturated rings. The van der Waals surface area contributed by atoms with Crippen LogP contribution in [0.5, 0.6) is 11.5 Å². The van der Waals surface area contributed by atoms with E-state index >= 15 is 0 Å². The molecule has 1 saturated heterocycles. The van der Waals surface area contributed by atoms with Crippen LogP contribution in [0.25, 0.3) is 0 Å². The number of anilines is 1. The molecule has 0 spiro atoms. The van der Waals surface area contributed by atoms with Crippen molar-refractivity contribution in [2.24, 2.45) is 0 Å². The van der Waals surface area contributed by atoms with Crippen LogP contribution in [0, 0.1) is 18.3 Å². The highest BCUT2D eigenvalue weighted by Gasteiger charge is 2.39. The van der Waals surface area contributed by atoms with Crippen molar-refractivity contribution in [2.45, 2.75) is 19.3 Å². The summed E-state index contributed by atoms with van der Waals surface area (Å²) < 4.78 is 5.70. The van der Waals surface area contributed by atoms with Crippen LogP contribution < -0.4 is 9.64 Å². The molecule has 0 bridgehead atoms. The van der Waals surface area contributed by atoms with E-state index in [4.69, 9.17) is 16.3 Å². The van der Waals surface area contributed by atoms with Gasteiger partial charge < -0.3 is 14.7 Å². The van der Waals surface area contributed by atoms with Crippen LogP contribution >= 0.6 is 39.3 Å². The van der Waals surface area contributed by atoms with Crippen molar-refractivity contribution < 1.29 is 14.6 Å². The first kappa shape index (κ1) is 21.9. The number of benzene rings is 2. The topological polar surface area (TPSA) is 76.8 Å². The molecule has 0 saturated carbocycles. The fraction of sp³-hybridized carbons (Fsp3) is 0.273. The Balaban J connectivity index is 1.71. The Morgan fingerprint density at radius 2 is 2.16 bits per heavy atom. The first-order chi connectivity index (χ1) is 14.8. The van der Waals surface area contributed by atoms with Crippen molar-refractivity contribution in [3.63, 3.8) is 0 Å². The third-order valence-corrected chi connectivity index (χ3v) is 7.71. The number of rotatable bonds is 3. The van der Waals surface area contributed by atoms with E-state index in [-0.39, 0.29) is 18.1 Å². The van der Waals surface area contributed by atoms with E-state index in [1.807, 2.05) is 25.1 Å². The van der Waals surface area contributed by atoms with E-state index < -0.39 is 5.92 Å². The molecule has 160 valence electrons. The molecule has 2 aromatic rings. The van der Waals surface area contributed by atoms with Crippen LogP contribution in [0.4, 0.5) is 5.69 Å². The molecule has 2 aliphatic rings. The van der Waals surface area contributed by atoms with Gasteiger partial charge in [0.15, 0.2) is 11.5 Å². The van der Waals surface area contributed by atoms with Gasteiger partial charge in [-0.05, 0) is 58.2 Å². The molecule has 0 aromatic heterocycles. The summed E-state index contributed by atoms with van der Waals surface area (Å²) in [6.45, 7) is 2.32. The van der Waals surface area contributed by atoms with Gasteiger partial charge in [0.1, 0.15) is 0 Å². The van der Waals surface area contributed by atoms with E-state index in [1.165, 1.54) is 18.9 Å². The van der Waals surface area contributed by atoms with Crippen LogP contribution in [0.15, 0.2) is 45.4 Å². The minimum Gasteiger partial charge on any atom is -0.503 e. The van der Waals surface area contributed by atoms with Gasteiger partial charge in [-0.2, -0.15) is 5.26 Å². The number of nitrogens with zero attached hydrogens (tertiary/aromatic N) is 3. The van der Waals surface area contributed by atoms with Gasteiger partial charge in [-0.15, -0.1) is 0 Å². The number of carbonyl (C=O) groups excluding carboxylic acids is 1. The van der Waals surface area contributed by atoms with E-state index in [1.54, 1.807) is 17.0 Å². The molecule has 4 rings (SSSR count). The van der Waals surface area contributed by atoms with Crippen molar-refractivity contribution in [1.82, 2.24) is 4.90 Å². The molecule has 0 radical (unpaired) electrons. The highest BCUT2D eigenvalue weighted by atomic mass is 79.9. The second-order valence-electron chi connectivity index (χ2n) is 7.30. The summed E-state index contributed by atoms with van der Waals surface area (Å²) in [5.41, 5.74) is 3.22. The predicted octanol–water partition coefficient (Wildman–Crippen LogP) is 5.34. The number of hydrogen-bond acceptors (Lipinski definition) is 6. The molecular formula is C22H19BrClN3O3S. The summed E-state index contributed by atoms with van der Waals surface area (Å²) in [7, 11) is 1.46. The number of fused-ring (bicyclic) bond motifs is 1.